The van der Waals surface area contributed by atoms with Gasteiger partial charge in [0.15, 0.2) is 0 Å². The fourth-order valence-electron chi connectivity index (χ4n) is 1.78. The third-order valence-electron chi connectivity index (χ3n) is 2.75. The van der Waals surface area contributed by atoms with Gasteiger partial charge in [0.2, 0.25) is 0 Å². The second-order valence-corrected chi connectivity index (χ2v) is 4.06. The van der Waals surface area contributed by atoms with E-state index in [0.29, 0.717) is 11.4 Å². The largest absolute Gasteiger partial charge is 0.496 e. The lowest BCUT2D eigenvalue weighted by molar-refractivity contribution is 0.414. The molecule has 104 valence electrons. The first-order chi connectivity index (χ1) is 10.3. The Balaban J connectivity index is 2.16. The molecule has 0 aliphatic carbocycles. The molecule has 0 amide bonds. The fourth-order valence-corrected chi connectivity index (χ4v) is 1.78. The fraction of sp³-hybridized carbons (Fsp3) is 0.0625. The number of hydrogen-bond acceptors (Lipinski definition) is 3. The topological polar surface area (TPSA) is 70.4 Å². The Hall–Kier alpha value is -3.04. The molecule has 21 heavy (non-hydrogen) atoms. The molecule has 5 heteroatoms. The zero-order chi connectivity index (χ0) is 14.9. The summed E-state index contributed by atoms with van der Waals surface area (Å²) in [5.74, 6) is 0.802. The minimum atomic E-state index is 0.502. The zero-order valence-corrected chi connectivity index (χ0v) is 11.5. The molecule has 0 heterocycles. The van der Waals surface area contributed by atoms with Gasteiger partial charge in [-0.15, -0.1) is 0 Å². The van der Waals surface area contributed by atoms with Crippen molar-refractivity contribution in [3.8, 4) is 5.75 Å². The Morgan fingerprint density at radius 1 is 1.05 bits per heavy atom. The van der Waals surface area contributed by atoms with Crippen LogP contribution in [0.25, 0.3) is 16.5 Å². The highest BCUT2D eigenvalue weighted by Crippen LogP contribution is 2.27. The molecule has 0 fully saturated rings. The van der Waals surface area contributed by atoms with Gasteiger partial charge in [-0.05, 0) is 29.8 Å². The van der Waals surface area contributed by atoms with E-state index in [0.717, 1.165) is 11.3 Å². The Kier molecular flexibility index (Phi) is 5.15. The van der Waals surface area contributed by atoms with Crippen molar-refractivity contribution in [1.29, 1.82) is 0 Å². The second kappa shape index (κ2) is 7.53. The molecule has 0 saturated carbocycles. The smallest absolute Gasteiger partial charge is 0.126 e. The van der Waals surface area contributed by atoms with Crippen molar-refractivity contribution < 1.29 is 4.74 Å². The Bertz CT molecular complexity index is 716. The van der Waals surface area contributed by atoms with Crippen LogP contribution < -0.4 is 4.74 Å². The molecule has 2 aromatic carbocycles. The van der Waals surface area contributed by atoms with E-state index in [4.69, 9.17) is 10.3 Å². The molecule has 0 aromatic heterocycles. The predicted molar refractivity (Wildman–Crippen MR) is 85.4 cm³/mol. The van der Waals surface area contributed by atoms with Crippen LogP contribution in [0.15, 0.2) is 64.7 Å². The minimum Gasteiger partial charge on any atom is -0.496 e. The molecule has 0 atom stereocenters. The van der Waals surface area contributed by atoms with Gasteiger partial charge in [-0.25, -0.2) is 0 Å². The number of nitrogens with zero attached hydrogens (tertiary/aromatic N) is 4. The monoisotopic (exact) mass is 278 g/mol. The summed E-state index contributed by atoms with van der Waals surface area (Å²) in [7, 11) is 1.64. The van der Waals surface area contributed by atoms with E-state index in [1.165, 1.54) is 0 Å². The maximum absolute atomic E-state index is 8.50. The van der Waals surface area contributed by atoms with E-state index in [1.54, 1.807) is 31.5 Å². The van der Waals surface area contributed by atoms with Crippen LogP contribution in [0.3, 0.4) is 0 Å². The van der Waals surface area contributed by atoms with Gasteiger partial charge in [0.1, 0.15) is 5.75 Å². The van der Waals surface area contributed by atoms with Crippen LogP contribution in [0.2, 0.25) is 0 Å². The first kappa shape index (κ1) is 14.4. The van der Waals surface area contributed by atoms with Crippen LogP contribution in [-0.2, 0) is 0 Å². The highest BCUT2D eigenvalue weighted by atomic mass is 16.5. The van der Waals surface area contributed by atoms with Gasteiger partial charge in [0.05, 0.1) is 18.5 Å². The van der Waals surface area contributed by atoms with Crippen LogP contribution in [0.4, 0.5) is 11.4 Å². The summed E-state index contributed by atoms with van der Waals surface area (Å²) in [4.78, 5) is 7.06. The molecule has 0 aliphatic heterocycles. The van der Waals surface area contributed by atoms with Gasteiger partial charge in [-0.2, -0.15) is 0 Å². The summed E-state index contributed by atoms with van der Waals surface area (Å²) < 4.78 is 5.26. The van der Waals surface area contributed by atoms with Crippen molar-refractivity contribution in [2.24, 2.45) is 10.1 Å². The number of para-hydroxylation sites is 2. The van der Waals surface area contributed by atoms with Gasteiger partial charge in [-0.3, -0.25) is 4.99 Å². The van der Waals surface area contributed by atoms with E-state index in [1.807, 2.05) is 42.5 Å². The summed E-state index contributed by atoms with van der Waals surface area (Å²) in [6, 6.07) is 14.9. The summed E-state index contributed by atoms with van der Waals surface area (Å²) in [5, 5.41) is 3.59. The van der Waals surface area contributed by atoms with E-state index < -0.39 is 0 Å². The normalized spacial score (nSPS) is 10.7. The van der Waals surface area contributed by atoms with Gasteiger partial charge in [0.25, 0.3) is 0 Å². The van der Waals surface area contributed by atoms with Crippen molar-refractivity contribution in [2.75, 3.05) is 7.11 Å². The predicted octanol–water partition coefficient (Wildman–Crippen LogP) is 5.05. The molecular weight excluding hydrogens is 264 g/mol. The molecule has 2 aromatic rings. The second-order valence-electron chi connectivity index (χ2n) is 4.06. The Labute approximate surface area is 122 Å². The number of hydrogen-bond donors (Lipinski definition) is 0. The lowest BCUT2D eigenvalue weighted by Crippen LogP contribution is -1.85. The summed E-state index contributed by atoms with van der Waals surface area (Å²) in [6.45, 7) is 0. The molecule has 0 bridgehead atoms. The number of ether oxygens (including phenoxy) is 1. The standard InChI is InChI=1S/C16H14N4O/c1-21-16-11-5-2-7-13(16)8-6-12-18-14-9-3-4-10-15(14)19-20-17/h2-12H,1H3/b8-6+,18-12?. The molecule has 2 rings (SSSR count). The third kappa shape index (κ3) is 3.96. The van der Waals surface area contributed by atoms with Crippen molar-refractivity contribution >= 4 is 23.7 Å². The molecule has 5 nitrogen and oxygen atoms in total. The first-order valence-corrected chi connectivity index (χ1v) is 6.33. The van der Waals surface area contributed by atoms with Crippen LogP contribution in [0, 0.1) is 0 Å². The van der Waals surface area contributed by atoms with Gasteiger partial charge in [-0.1, -0.05) is 41.5 Å². The molecule has 0 spiro atoms. The summed E-state index contributed by atoms with van der Waals surface area (Å²) >= 11 is 0. The first-order valence-electron chi connectivity index (χ1n) is 6.33. The van der Waals surface area contributed by atoms with Gasteiger partial charge < -0.3 is 4.74 Å². The molecular formula is C16H14N4O. The number of methoxy groups -OCH3 is 1. The van der Waals surface area contributed by atoms with Crippen molar-refractivity contribution in [3.05, 3.63) is 70.6 Å². The maximum atomic E-state index is 8.50. The third-order valence-corrected chi connectivity index (χ3v) is 2.75. The van der Waals surface area contributed by atoms with Crippen molar-refractivity contribution in [3.63, 3.8) is 0 Å². The molecule has 0 unspecified atom stereocenters. The van der Waals surface area contributed by atoms with E-state index in [-0.39, 0.29) is 0 Å². The van der Waals surface area contributed by atoms with Gasteiger partial charge in [0, 0.05) is 16.7 Å². The van der Waals surface area contributed by atoms with Crippen molar-refractivity contribution in [1.82, 2.24) is 0 Å². The number of azide groups is 1. The average Bonchev–Trinajstić information content (AvgIpc) is 2.53. The summed E-state index contributed by atoms with van der Waals surface area (Å²) in [5.41, 5.74) is 10.6. The molecule has 0 saturated heterocycles. The van der Waals surface area contributed by atoms with Crippen molar-refractivity contribution in [2.45, 2.75) is 0 Å². The number of rotatable bonds is 5. The van der Waals surface area contributed by atoms with E-state index in [9.17, 15) is 0 Å². The summed E-state index contributed by atoms with van der Waals surface area (Å²) in [6.07, 6.45) is 5.36. The average molecular weight is 278 g/mol. The lowest BCUT2D eigenvalue weighted by Gasteiger charge is -2.02. The van der Waals surface area contributed by atoms with Crippen LogP contribution >= 0.6 is 0 Å². The number of allylic oxidation sites excluding steroid dienone is 1. The highest BCUT2D eigenvalue weighted by Gasteiger charge is 1.96. The highest BCUT2D eigenvalue weighted by molar-refractivity contribution is 5.82. The number of aliphatic imine (C=N–C) groups is 1. The quantitative estimate of drug-likeness (QED) is 0.326. The maximum Gasteiger partial charge on any atom is 0.126 e. The van der Waals surface area contributed by atoms with E-state index >= 15 is 0 Å². The number of benzene rings is 2. The molecule has 0 aliphatic rings. The zero-order valence-electron chi connectivity index (χ0n) is 11.5. The van der Waals surface area contributed by atoms with Crippen LogP contribution in [0.1, 0.15) is 5.56 Å². The molecule has 0 N–H and O–H groups in total. The lowest BCUT2D eigenvalue weighted by atomic mass is 10.2. The molecule has 0 radical (unpaired) electrons. The van der Waals surface area contributed by atoms with Gasteiger partial charge >= 0.3 is 0 Å². The van der Waals surface area contributed by atoms with Crippen LogP contribution in [0.5, 0.6) is 5.75 Å². The van der Waals surface area contributed by atoms with E-state index in [2.05, 4.69) is 15.0 Å². The Morgan fingerprint density at radius 3 is 2.52 bits per heavy atom. The minimum absolute atomic E-state index is 0.502. The van der Waals surface area contributed by atoms with Crippen LogP contribution in [-0.4, -0.2) is 13.3 Å². The SMILES string of the molecule is COc1ccccc1/C=C/C=Nc1ccccc1N=[N+]=[N-]. The Morgan fingerprint density at radius 2 is 1.76 bits per heavy atom.